The lowest BCUT2D eigenvalue weighted by Crippen LogP contribution is -2.49. The van der Waals surface area contributed by atoms with Crippen LogP contribution in [0.4, 0.5) is 0 Å². The van der Waals surface area contributed by atoms with E-state index in [0.717, 1.165) is 41.6 Å². The summed E-state index contributed by atoms with van der Waals surface area (Å²) in [5.74, 6) is -0.276. The molecule has 0 aliphatic carbocycles. The zero-order chi connectivity index (χ0) is 25.8. The molecule has 36 heavy (non-hydrogen) atoms. The first-order valence-electron chi connectivity index (χ1n) is 12.5. The molecule has 1 amide bonds. The summed E-state index contributed by atoms with van der Waals surface area (Å²) in [7, 11) is 1.71. The SMILES string of the molecule is COCCN1CCN(C(=O)CC2=CSC3=NC(C)=C(C(=O)OC(C)C)[C@H](c4cccc(C)c4)N23)CC1. The number of hydrogen-bond acceptors (Lipinski definition) is 8. The van der Waals surface area contributed by atoms with Gasteiger partial charge in [0, 0.05) is 45.5 Å². The van der Waals surface area contributed by atoms with Gasteiger partial charge < -0.3 is 19.3 Å². The van der Waals surface area contributed by atoms with Crippen LogP contribution in [0, 0.1) is 6.92 Å². The Morgan fingerprint density at radius 1 is 1.17 bits per heavy atom. The number of amidine groups is 1. The molecule has 3 aliphatic heterocycles. The summed E-state index contributed by atoms with van der Waals surface area (Å²) in [4.78, 5) is 37.7. The van der Waals surface area contributed by atoms with Gasteiger partial charge in [-0.15, -0.1) is 0 Å². The number of amides is 1. The highest BCUT2D eigenvalue weighted by molar-refractivity contribution is 8.16. The third kappa shape index (κ3) is 5.85. The Labute approximate surface area is 218 Å². The molecule has 8 nitrogen and oxygen atoms in total. The van der Waals surface area contributed by atoms with Gasteiger partial charge in [-0.25, -0.2) is 9.79 Å². The smallest absolute Gasteiger partial charge is 0.338 e. The fraction of sp³-hybridized carbons (Fsp3) is 0.519. The maximum atomic E-state index is 13.3. The molecule has 0 bridgehead atoms. The minimum Gasteiger partial charge on any atom is -0.459 e. The molecule has 3 aliphatic rings. The van der Waals surface area contributed by atoms with Crippen molar-refractivity contribution in [2.75, 3.05) is 46.4 Å². The summed E-state index contributed by atoms with van der Waals surface area (Å²) in [6.45, 7) is 12.3. The van der Waals surface area contributed by atoms with Crippen molar-refractivity contribution in [2.45, 2.75) is 46.3 Å². The van der Waals surface area contributed by atoms with Crippen LogP contribution >= 0.6 is 11.8 Å². The largest absolute Gasteiger partial charge is 0.459 e. The lowest BCUT2D eigenvalue weighted by Gasteiger charge is -2.38. The highest BCUT2D eigenvalue weighted by Crippen LogP contribution is 2.45. The average molecular weight is 513 g/mol. The number of benzene rings is 1. The normalized spacial score (nSPS) is 20.4. The van der Waals surface area contributed by atoms with Crippen molar-refractivity contribution in [3.8, 4) is 0 Å². The Kier molecular flexibility index (Phi) is 8.54. The van der Waals surface area contributed by atoms with Gasteiger partial charge in [0.25, 0.3) is 0 Å². The van der Waals surface area contributed by atoms with Gasteiger partial charge >= 0.3 is 5.97 Å². The topological polar surface area (TPSA) is 74.7 Å². The molecule has 0 aromatic heterocycles. The van der Waals surface area contributed by atoms with E-state index in [4.69, 9.17) is 14.5 Å². The monoisotopic (exact) mass is 512 g/mol. The molecule has 9 heteroatoms. The summed E-state index contributed by atoms with van der Waals surface area (Å²) in [6.07, 6.45) is 0.0197. The number of piperazine rings is 1. The lowest BCUT2D eigenvalue weighted by molar-refractivity contribution is -0.143. The Morgan fingerprint density at radius 2 is 1.92 bits per heavy atom. The number of fused-ring (bicyclic) bond motifs is 1. The first-order chi connectivity index (χ1) is 17.3. The van der Waals surface area contributed by atoms with Gasteiger partial charge in [0.05, 0.1) is 36.4 Å². The van der Waals surface area contributed by atoms with E-state index < -0.39 is 6.04 Å². The first-order valence-corrected chi connectivity index (χ1v) is 13.4. The molecule has 0 spiro atoms. The number of thioether (sulfide) groups is 1. The molecular weight excluding hydrogens is 476 g/mol. The predicted octanol–water partition coefficient (Wildman–Crippen LogP) is 3.70. The van der Waals surface area contributed by atoms with Crippen LogP contribution in [0.3, 0.4) is 0 Å². The molecule has 3 heterocycles. The van der Waals surface area contributed by atoms with E-state index in [1.54, 1.807) is 7.11 Å². The highest BCUT2D eigenvalue weighted by atomic mass is 32.2. The first kappa shape index (κ1) is 26.4. The number of allylic oxidation sites excluding steroid dienone is 1. The zero-order valence-electron chi connectivity index (χ0n) is 21.8. The van der Waals surface area contributed by atoms with E-state index in [1.807, 2.05) is 56.2 Å². The van der Waals surface area contributed by atoms with Gasteiger partial charge in [-0.3, -0.25) is 9.69 Å². The third-order valence-electron chi connectivity index (χ3n) is 6.59. The Morgan fingerprint density at radius 3 is 2.58 bits per heavy atom. The molecule has 1 aromatic rings. The number of hydrogen-bond donors (Lipinski definition) is 0. The summed E-state index contributed by atoms with van der Waals surface area (Å²) >= 11 is 1.50. The van der Waals surface area contributed by atoms with E-state index in [-0.39, 0.29) is 24.4 Å². The zero-order valence-corrected chi connectivity index (χ0v) is 22.6. The number of carbonyl (C=O) groups is 2. The molecule has 4 rings (SSSR count). The van der Waals surface area contributed by atoms with E-state index in [2.05, 4.69) is 15.9 Å². The fourth-order valence-electron chi connectivity index (χ4n) is 4.77. The van der Waals surface area contributed by atoms with Crippen molar-refractivity contribution < 1.29 is 19.1 Å². The van der Waals surface area contributed by atoms with Gasteiger partial charge in [0.15, 0.2) is 5.17 Å². The minimum atomic E-state index is -0.399. The maximum absolute atomic E-state index is 13.3. The van der Waals surface area contributed by atoms with Crippen molar-refractivity contribution in [3.63, 3.8) is 0 Å². The van der Waals surface area contributed by atoms with Crippen LogP contribution in [0.5, 0.6) is 0 Å². The van der Waals surface area contributed by atoms with E-state index in [0.29, 0.717) is 31.0 Å². The fourth-order valence-corrected chi connectivity index (χ4v) is 5.74. The molecule has 1 saturated heterocycles. The van der Waals surface area contributed by atoms with Crippen molar-refractivity contribution >= 4 is 28.8 Å². The number of aryl methyl sites for hydroxylation is 1. The third-order valence-corrected chi connectivity index (χ3v) is 7.48. The van der Waals surface area contributed by atoms with E-state index in [1.165, 1.54) is 11.8 Å². The predicted molar refractivity (Wildman–Crippen MR) is 142 cm³/mol. The second-order valence-corrected chi connectivity index (χ2v) is 10.5. The highest BCUT2D eigenvalue weighted by Gasteiger charge is 2.41. The second-order valence-electron chi connectivity index (χ2n) is 9.65. The van der Waals surface area contributed by atoms with Crippen molar-refractivity contribution in [1.82, 2.24) is 14.7 Å². The number of carbonyl (C=O) groups excluding carboxylic acids is 2. The molecule has 1 atom stereocenters. The molecule has 194 valence electrons. The van der Waals surface area contributed by atoms with Crippen LogP contribution in [-0.2, 0) is 19.1 Å². The summed E-state index contributed by atoms with van der Waals surface area (Å²) in [6, 6.07) is 7.75. The number of esters is 1. The minimum absolute atomic E-state index is 0.0927. The van der Waals surface area contributed by atoms with Crippen molar-refractivity contribution in [2.24, 2.45) is 4.99 Å². The molecule has 0 radical (unpaired) electrons. The van der Waals surface area contributed by atoms with Gasteiger partial charge in [0.2, 0.25) is 5.91 Å². The average Bonchev–Trinajstić information content (AvgIpc) is 3.23. The van der Waals surface area contributed by atoms with Gasteiger partial charge in [0.1, 0.15) is 0 Å². The number of ether oxygens (including phenoxy) is 2. The van der Waals surface area contributed by atoms with E-state index in [9.17, 15) is 9.59 Å². The Balaban J connectivity index is 1.57. The number of aliphatic imine (C=N–C) groups is 1. The van der Waals surface area contributed by atoms with Crippen LogP contribution in [0.1, 0.15) is 44.4 Å². The van der Waals surface area contributed by atoms with Crippen LogP contribution in [-0.4, -0.2) is 84.3 Å². The molecule has 0 saturated carbocycles. The number of nitrogens with zero attached hydrogens (tertiary/aromatic N) is 4. The molecule has 1 aromatic carbocycles. The standard InChI is InChI=1S/C27H36N4O4S/c1-18(2)35-26(33)24-20(4)28-27-31(25(24)21-8-6-7-19(3)15-21)22(17-36-27)16-23(32)30-11-9-29(10-12-30)13-14-34-5/h6-8,15,17-18,25H,9-14,16H2,1-5H3/t25-/m0/s1. The molecule has 0 N–H and O–H groups in total. The summed E-state index contributed by atoms with van der Waals surface area (Å²) in [5.41, 5.74) is 4.11. The lowest BCUT2D eigenvalue weighted by atomic mass is 9.93. The quantitative estimate of drug-likeness (QED) is 0.492. The van der Waals surface area contributed by atoms with Crippen LogP contribution in [0.25, 0.3) is 0 Å². The Bertz CT molecular complexity index is 1090. The van der Waals surface area contributed by atoms with Crippen LogP contribution in [0.2, 0.25) is 0 Å². The van der Waals surface area contributed by atoms with Crippen LogP contribution in [0.15, 0.2) is 51.6 Å². The van der Waals surface area contributed by atoms with Crippen molar-refractivity contribution in [3.05, 3.63) is 57.8 Å². The maximum Gasteiger partial charge on any atom is 0.338 e. The van der Waals surface area contributed by atoms with Gasteiger partial charge in [-0.05, 0) is 38.7 Å². The van der Waals surface area contributed by atoms with Gasteiger partial charge in [-0.1, -0.05) is 41.6 Å². The molecular formula is C27H36N4O4S. The van der Waals surface area contributed by atoms with Gasteiger partial charge in [-0.2, -0.15) is 0 Å². The van der Waals surface area contributed by atoms with Crippen molar-refractivity contribution in [1.29, 1.82) is 0 Å². The second kappa shape index (κ2) is 11.6. The Hall–Kier alpha value is -2.62. The van der Waals surface area contributed by atoms with E-state index >= 15 is 0 Å². The number of rotatable bonds is 8. The number of methoxy groups -OCH3 is 1. The molecule has 1 fully saturated rings. The van der Waals surface area contributed by atoms with Crippen LogP contribution < -0.4 is 0 Å². The summed E-state index contributed by atoms with van der Waals surface area (Å²) in [5, 5.41) is 2.78. The molecule has 0 unspecified atom stereocenters. The summed E-state index contributed by atoms with van der Waals surface area (Å²) < 4.78 is 10.8.